The molecule has 9 nitrogen and oxygen atoms in total. The Labute approximate surface area is 469 Å². The normalized spacial score (nSPS) is 14.0. The molecule has 0 aromatic heterocycles. The molecule has 2 atom stereocenters. The number of carboxylic acid groups (broad SMARTS) is 1. The molecular weight excluding hydrogens is 959 g/mol. The monoisotopic (exact) mass is 1060 g/mol. The summed E-state index contributed by atoms with van der Waals surface area (Å²) >= 11 is 0. The minimum absolute atomic E-state index is 0.124. The summed E-state index contributed by atoms with van der Waals surface area (Å²) in [5.74, 6) is -2.41. The zero-order valence-corrected chi connectivity index (χ0v) is 48.7. The van der Waals surface area contributed by atoms with E-state index < -0.39 is 30.3 Å². The first-order valence-corrected chi connectivity index (χ1v) is 29.3. The number of quaternary nitrogens is 1. The van der Waals surface area contributed by atoms with E-state index in [1.54, 1.807) is 0 Å². The molecule has 0 spiro atoms. The Bertz CT molecular complexity index is 1860. The number of carboxylic acids is 1. The van der Waals surface area contributed by atoms with Crippen molar-refractivity contribution in [2.75, 3.05) is 47.5 Å². The SMILES string of the molecule is CC/C=C\C/C=C\C/C=C\C/C=C\C/C=C\C/C=C\C/C=C\C/C=C\C/C=C\CCCC(=O)OC(COC(=O)CCCCCCCCC/C=C\C/C=C\C/C=C\C/C=C\C/C=C\CC)COC(OCC[N+](C)(C)C)C(=O)[O-]. The summed E-state index contributed by atoms with van der Waals surface area (Å²) in [5.41, 5.74) is 0. The Morgan fingerprint density at radius 2 is 0.714 bits per heavy atom. The molecule has 0 radical (unpaired) electrons. The van der Waals surface area contributed by atoms with E-state index in [9.17, 15) is 19.5 Å². The number of rotatable bonds is 51. The number of nitrogens with zero attached hydrogens (tertiary/aromatic N) is 1. The molecule has 0 aliphatic rings. The van der Waals surface area contributed by atoms with Crippen LogP contribution in [0, 0.1) is 0 Å². The first-order chi connectivity index (χ1) is 37.6. The summed E-state index contributed by atoms with van der Waals surface area (Å²) in [7, 11) is 5.88. The lowest BCUT2D eigenvalue weighted by molar-refractivity contribution is -0.870. The van der Waals surface area contributed by atoms with E-state index in [2.05, 4.69) is 178 Å². The number of carbonyl (C=O) groups excluding carboxylic acids is 3. The fraction of sp³-hybridized carbons (Fsp3) is 0.544. The van der Waals surface area contributed by atoms with Crippen molar-refractivity contribution >= 4 is 17.9 Å². The van der Waals surface area contributed by atoms with Gasteiger partial charge in [0.25, 0.3) is 0 Å². The number of hydrogen-bond acceptors (Lipinski definition) is 8. The second kappa shape index (κ2) is 56.8. The van der Waals surface area contributed by atoms with Crippen LogP contribution in [0.1, 0.15) is 181 Å². The minimum atomic E-state index is -1.65. The zero-order chi connectivity index (χ0) is 56.2. The Morgan fingerprint density at radius 3 is 1.08 bits per heavy atom. The van der Waals surface area contributed by atoms with E-state index in [1.165, 1.54) is 19.3 Å². The zero-order valence-electron chi connectivity index (χ0n) is 48.7. The summed E-state index contributed by atoms with van der Waals surface area (Å²) in [4.78, 5) is 37.3. The lowest BCUT2D eigenvalue weighted by Gasteiger charge is -2.26. The van der Waals surface area contributed by atoms with Crippen LogP contribution in [0.15, 0.2) is 170 Å². The molecule has 0 rings (SSSR count). The largest absolute Gasteiger partial charge is 0.545 e. The maximum Gasteiger partial charge on any atom is 0.306 e. The molecule has 0 N–H and O–H groups in total. The quantitative estimate of drug-likeness (QED) is 0.0195. The molecule has 2 unspecified atom stereocenters. The van der Waals surface area contributed by atoms with Gasteiger partial charge >= 0.3 is 11.9 Å². The van der Waals surface area contributed by atoms with Crippen molar-refractivity contribution in [3.05, 3.63) is 170 Å². The molecule has 0 fully saturated rings. The lowest BCUT2D eigenvalue weighted by Crippen LogP contribution is -2.44. The third kappa shape index (κ3) is 58.2. The average Bonchev–Trinajstić information content (AvgIpc) is 3.40. The highest BCUT2D eigenvalue weighted by Crippen LogP contribution is 2.12. The maximum atomic E-state index is 12.9. The van der Waals surface area contributed by atoms with Crippen LogP contribution in [0.25, 0.3) is 0 Å². The first-order valence-electron chi connectivity index (χ1n) is 29.3. The van der Waals surface area contributed by atoms with Gasteiger partial charge in [0.05, 0.1) is 40.3 Å². The highest BCUT2D eigenvalue weighted by atomic mass is 16.7. The van der Waals surface area contributed by atoms with E-state index in [0.29, 0.717) is 30.3 Å². The summed E-state index contributed by atoms with van der Waals surface area (Å²) in [6.45, 7) is 4.40. The summed E-state index contributed by atoms with van der Waals surface area (Å²) in [5, 5.41) is 11.8. The molecule has 430 valence electrons. The topological polar surface area (TPSA) is 111 Å². The summed E-state index contributed by atoms with van der Waals surface area (Å²) < 4.78 is 22.6. The molecule has 77 heavy (non-hydrogen) atoms. The van der Waals surface area contributed by atoms with E-state index >= 15 is 0 Å². The Kier molecular flexibility index (Phi) is 52.9. The van der Waals surface area contributed by atoms with Gasteiger partial charge in [-0.2, -0.15) is 0 Å². The number of carbonyl (C=O) groups is 3. The van der Waals surface area contributed by atoms with Crippen LogP contribution < -0.4 is 5.11 Å². The molecule has 0 heterocycles. The molecule has 9 heteroatoms. The van der Waals surface area contributed by atoms with E-state index in [0.717, 1.165) is 116 Å². The fourth-order valence-electron chi connectivity index (χ4n) is 7.03. The van der Waals surface area contributed by atoms with E-state index in [-0.39, 0.29) is 32.7 Å². The number of esters is 2. The number of aliphatic carboxylic acids is 1. The fourth-order valence-corrected chi connectivity index (χ4v) is 7.03. The van der Waals surface area contributed by atoms with Crippen LogP contribution in [0.2, 0.25) is 0 Å². The van der Waals surface area contributed by atoms with Gasteiger partial charge in [-0.25, -0.2) is 0 Å². The van der Waals surface area contributed by atoms with Gasteiger partial charge in [-0.15, -0.1) is 0 Å². The smallest absolute Gasteiger partial charge is 0.306 e. The van der Waals surface area contributed by atoms with Gasteiger partial charge in [0.1, 0.15) is 13.2 Å². The van der Waals surface area contributed by atoms with Crippen LogP contribution in [-0.2, 0) is 33.3 Å². The van der Waals surface area contributed by atoms with Crippen molar-refractivity contribution in [3.8, 4) is 0 Å². The number of hydrogen-bond donors (Lipinski definition) is 0. The summed E-state index contributed by atoms with van der Waals surface area (Å²) in [6.07, 6.45) is 82.6. The number of unbranched alkanes of at least 4 members (excludes halogenated alkanes) is 8. The van der Waals surface area contributed by atoms with Crippen molar-refractivity contribution in [2.24, 2.45) is 0 Å². The third-order valence-corrected chi connectivity index (χ3v) is 11.5. The molecular formula is C68H105NO8. The minimum Gasteiger partial charge on any atom is -0.545 e. The second-order valence-electron chi connectivity index (χ2n) is 19.8. The van der Waals surface area contributed by atoms with Crippen molar-refractivity contribution in [2.45, 2.75) is 193 Å². The number of allylic oxidation sites excluding steroid dienone is 28. The van der Waals surface area contributed by atoms with E-state index in [4.69, 9.17) is 18.9 Å². The molecule has 0 aliphatic heterocycles. The van der Waals surface area contributed by atoms with Crippen molar-refractivity contribution in [1.82, 2.24) is 0 Å². The Hall–Kier alpha value is -5.35. The highest BCUT2D eigenvalue weighted by Gasteiger charge is 2.21. The average molecular weight is 1060 g/mol. The molecule has 0 saturated heterocycles. The molecule has 0 bridgehead atoms. The van der Waals surface area contributed by atoms with Gasteiger partial charge < -0.3 is 33.3 Å². The van der Waals surface area contributed by atoms with Gasteiger partial charge in [-0.05, 0) is 122 Å². The van der Waals surface area contributed by atoms with Crippen LogP contribution >= 0.6 is 0 Å². The van der Waals surface area contributed by atoms with Crippen molar-refractivity contribution in [1.29, 1.82) is 0 Å². The predicted octanol–water partition coefficient (Wildman–Crippen LogP) is 16.2. The highest BCUT2D eigenvalue weighted by molar-refractivity contribution is 5.70. The maximum absolute atomic E-state index is 12.9. The van der Waals surface area contributed by atoms with Crippen LogP contribution in [0.4, 0.5) is 0 Å². The van der Waals surface area contributed by atoms with Gasteiger partial charge in [0.15, 0.2) is 12.4 Å². The van der Waals surface area contributed by atoms with E-state index in [1.807, 2.05) is 27.2 Å². The Balaban J connectivity index is 4.44. The standard InChI is InChI=1S/C68H105NO8/c1-6-8-10-12-14-16-18-20-22-24-26-28-30-31-32-33-34-35-37-39-41-43-45-47-49-51-53-55-57-59-66(71)77-64(63-76-68(67(72)73)74-61-60-69(3,4)5)62-75-65(70)58-56-54-52-50-48-46-44-42-40-38-36-29-27-25-23-21-19-17-15-13-11-9-7-2/h8-11,14-17,20-23,26-29,31-32,34-35,38-41,45,47,51,53,64,68H,6-7,12-13,18-19,24-25,30,33,36-37,42-44,46,48-50,52,54-63H2,1-5H3/b10-8-,11-9-,16-14-,17-15-,22-20-,23-21-,28-26-,29-27-,32-31-,35-34-,40-38-,41-39-,47-45-,53-51-. The molecule has 0 aromatic carbocycles. The lowest BCUT2D eigenvalue weighted by atomic mass is 10.1. The van der Waals surface area contributed by atoms with Gasteiger partial charge in [-0.1, -0.05) is 216 Å². The van der Waals surface area contributed by atoms with Crippen molar-refractivity contribution < 1.29 is 42.9 Å². The first kappa shape index (κ1) is 71.7. The Morgan fingerprint density at radius 1 is 0.390 bits per heavy atom. The third-order valence-electron chi connectivity index (χ3n) is 11.5. The van der Waals surface area contributed by atoms with Crippen LogP contribution in [0.5, 0.6) is 0 Å². The van der Waals surface area contributed by atoms with Gasteiger partial charge in [0.2, 0.25) is 0 Å². The number of likely N-dealkylation sites (N-methyl/N-ethyl adjacent to an activating group) is 1. The second-order valence-corrected chi connectivity index (χ2v) is 19.8. The molecule has 0 saturated carbocycles. The number of ether oxygens (including phenoxy) is 4. The van der Waals surface area contributed by atoms with Gasteiger partial charge in [-0.3, -0.25) is 9.59 Å². The van der Waals surface area contributed by atoms with Gasteiger partial charge in [0, 0.05) is 12.8 Å². The molecule has 0 aliphatic carbocycles. The summed E-state index contributed by atoms with van der Waals surface area (Å²) in [6, 6.07) is 0. The van der Waals surface area contributed by atoms with Crippen molar-refractivity contribution in [3.63, 3.8) is 0 Å². The van der Waals surface area contributed by atoms with Crippen LogP contribution in [-0.4, -0.2) is 82.3 Å². The predicted molar refractivity (Wildman–Crippen MR) is 324 cm³/mol. The molecule has 0 amide bonds. The molecule has 0 aromatic rings. The van der Waals surface area contributed by atoms with Crippen LogP contribution in [0.3, 0.4) is 0 Å².